The molecule has 2 fully saturated rings. The lowest BCUT2D eigenvalue weighted by atomic mass is 10.0. The zero-order chi connectivity index (χ0) is 13.7. The van der Waals surface area contributed by atoms with Gasteiger partial charge in [-0.25, -0.2) is 4.79 Å². The number of hydrogen-bond donors (Lipinski definition) is 1. The number of nitrogens with zero attached hydrogens (tertiary/aromatic N) is 1. The van der Waals surface area contributed by atoms with Crippen molar-refractivity contribution in [2.45, 2.75) is 44.8 Å². The van der Waals surface area contributed by atoms with Gasteiger partial charge in [0.25, 0.3) is 5.91 Å². The lowest BCUT2D eigenvalue weighted by Crippen LogP contribution is -2.52. The second-order valence-corrected chi connectivity index (χ2v) is 4.99. The average molecular weight is 270 g/mol. The van der Waals surface area contributed by atoms with Gasteiger partial charge in [0.2, 0.25) is 0 Å². The summed E-state index contributed by atoms with van der Waals surface area (Å²) in [5.74, 6) is 0.0628. The van der Waals surface area contributed by atoms with Crippen molar-refractivity contribution >= 4 is 12.0 Å². The summed E-state index contributed by atoms with van der Waals surface area (Å²) in [5.41, 5.74) is 0. The van der Waals surface area contributed by atoms with Crippen molar-refractivity contribution in [1.82, 2.24) is 10.2 Å². The maximum Gasteiger partial charge on any atom is 0.407 e. The van der Waals surface area contributed by atoms with E-state index in [1.165, 1.54) is 0 Å². The Labute approximate surface area is 113 Å². The molecule has 0 spiro atoms. The monoisotopic (exact) mass is 270 g/mol. The van der Waals surface area contributed by atoms with Crippen molar-refractivity contribution < 1.29 is 19.1 Å². The van der Waals surface area contributed by atoms with E-state index in [9.17, 15) is 9.59 Å². The van der Waals surface area contributed by atoms with E-state index in [1.54, 1.807) is 11.8 Å². The lowest BCUT2D eigenvalue weighted by molar-refractivity contribution is -0.142. The summed E-state index contributed by atoms with van der Waals surface area (Å²) in [5, 5.41) is 2.80. The van der Waals surface area contributed by atoms with E-state index >= 15 is 0 Å². The van der Waals surface area contributed by atoms with E-state index in [2.05, 4.69) is 5.32 Å². The van der Waals surface area contributed by atoms with E-state index in [0.717, 1.165) is 32.2 Å². The first-order valence-corrected chi connectivity index (χ1v) is 7.04. The Hall–Kier alpha value is -1.30. The van der Waals surface area contributed by atoms with Crippen molar-refractivity contribution in [3.63, 3.8) is 0 Å². The van der Waals surface area contributed by atoms with Crippen LogP contribution in [0.5, 0.6) is 0 Å². The molecule has 0 aromatic rings. The first-order valence-electron chi connectivity index (χ1n) is 7.04. The van der Waals surface area contributed by atoms with Crippen LogP contribution in [-0.2, 0) is 14.3 Å². The molecule has 2 heterocycles. The molecule has 2 rings (SSSR count). The van der Waals surface area contributed by atoms with Gasteiger partial charge in [-0.1, -0.05) is 0 Å². The second-order valence-electron chi connectivity index (χ2n) is 4.99. The van der Waals surface area contributed by atoms with E-state index in [0.29, 0.717) is 19.8 Å². The Morgan fingerprint density at radius 1 is 1.37 bits per heavy atom. The minimum atomic E-state index is -0.404. The summed E-state index contributed by atoms with van der Waals surface area (Å²) in [6, 6.07) is -0.0156. The third-order valence-electron chi connectivity index (χ3n) is 3.54. The van der Waals surface area contributed by atoms with Gasteiger partial charge in [0.1, 0.15) is 6.10 Å². The van der Waals surface area contributed by atoms with Crippen molar-refractivity contribution in [1.29, 1.82) is 0 Å². The fraction of sp³-hybridized carbons (Fsp3) is 0.846. The predicted octanol–water partition coefficient (Wildman–Crippen LogP) is 0.902. The SMILES string of the molecule is CCOC(=O)N[C@@H]1CCCN(C(=O)[C@@H]2CCCO2)C1. The number of ether oxygens (including phenoxy) is 2. The number of piperidine rings is 1. The normalized spacial score (nSPS) is 27.1. The minimum Gasteiger partial charge on any atom is -0.450 e. The van der Waals surface area contributed by atoms with E-state index in [-0.39, 0.29) is 18.1 Å². The van der Waals surface area contributed by atoms with Crippen molar-refractivity contribution in [2.24, 2.45) is 0 Å². The molecule has 19 heavy (non-hydrogen) atoms. The molecule has 0 radical (unpaired) electrons. The molecular weight excluding hydrogens is 248 g/mol. The molecule has 0 bridgehead atoms. The van der Waals surface area contributed by atoms with Crippen LogP contribution in [0.1, 0.15) is 32.6 Å². The highest BCUT2D eigenvalue weighted by Crippen LogP contribution is 2.18. The highest BCUT2D eigenvalue weighted by molar-refractivity contribution is 5.81. The van der Waals surface area contributed by atoms with Gasteiger partial charge in [0, 0.05) is 25.7 Å². The molecule has 1 N–H and O–H groups in total. The summed E-state index contributed by atoms with van der Waals surface area (Å²) in [6.45, 7) is 4.11. The molecule has 2 aliphatic heterocycles. The zero-order valence-corrected chi connectivity index (χ0v) is 11.4. The third kappa shape index (κ3) is 3.83. The number of carbonyl (C=O) groups is 2. The van der Waals surface area contributed by atoms with Crippen LogP contribution in [0.2, 0.25) is 0 Å². The van der Waals surface area contributed by atoms with Crippen LogP contribution in [0.3, 0.4) is 0 Å². The molecule has 6 heteroatoms. The van der Waals surface area contributed by atoms with Gasteiger partial charge in [-0.2, -0.15) is 0 Å². The smallest absolute Gasteiger partial charge is 0.407 e. The highest BCUT2D eigenvalue weighted by atomic mass is 16.5. The third-order valence-corrected chi connectivity index (χ3v) is 3.54. The standard InChI is InChI=1S/C13H22N2O4/c1-2-18-13(17)14-10-5-3-7-15(9-10)12(16)11-6-4-8-19-11/h10-11H,2-9H2,1H3,(H,14,17)/t10-,11+/m1/s1. The first-order chi connectivity index (χ1) is 9.20. The summed E-state index contributed by atoms with van der Waals surface area (Å²) in [7, 11) is 0. The summed E-state index contributed by atoms with van der Waals surface area (Å²) in [6.07, 6.45) is 2.87. The van der Waals surface area contributed by atoms with Crippen molar-refractivity contribution in [3.8, 4) is 0 Å². The maximum absolute atomic E-state index is 12.2. The van der Waals surface area contributed by atoms with Gasteiger partial charge in [0.05, 0.1) is 6.61 Å². The number of rotatable bonds is 3. The van der Waals surface area contributed by atoms with E-state index in [4.69, 9.17) is 9.47 Å². The minimum absolute atomic E-state index is 0.0156. The largest absolute Gasteiger partial charge is 0.450 e. The molecule has 2 aliphatic rings. The number of hydrogen-bond acceptors (Lipinski definition) is 4. The van der Waals surface area contributed by atoms with Crippen LogP contribution in [0.15, 0.2) is 0 Å². The Bertz CT molecular complexity index is 329. The Balaban J connectivity index is 1.82. The first kappa shape index (κ1) is 14.1. The Kier molecular flexibility index (Phi) is 5.01. The molecule has 0 aromatic carbocycles. The molecule has 0 saturated carbocycles. The lowest BCUT2D eigenvalue weighted by Gasteiger charge is -2.34. The number of likely N-dealkylation sites (tertiary alicyclic amines) is 1. The van der Waals surface area contributed by atoms with Crippen LogP contribution in [-0.4, -0.2) is 55.3 Å². The van der Waals surface area contributed by atoms with Gasteiger partial charge < -0.3 is 19.7 Å². The van der Waals surface area contributed by atoms with E-state index < -0.39 is 6.09 Å². The Morgan fingerprint density at radius 3 is 2.89 bits per heavy atom. The van der Waals surface area contributed by atoms with Crippen LogP contribution in [0.25, 0.3) is 0 Å². The second kappa shape index (κ2) is 6.75. The number of nitrogens with one attached hydrogen (secondary N) is 1. The van der Waals surface area contributed by atoms with E-state index in [1.807, 2.05) is 0 Å². The predicted molar refractivity (Wildman–Crippen MR) is 68.7 cm³/mol. The topological polar surface area (TPSA) is 67.9 Å². The molecule has 2 atom stereocenters. The molecule has 0 aliphatic carbocycles. The van der Waals surface area contributed by atoms with Crippen LogP contribution in [0.4, 0.5) is 4.79 Å². The molecule has 0 aromatic heterocycles. The van der Waals surface area contributed by atoms with Gasteiger partial charge in [-0.3, -0.25) is 4.79 Å². The van der Waals surface area contributed by atoms with Crippen LogP contribution >= 0.6 is 0 Å². The van der Waals surface area contributed by atoms with Crippen molar-refractivity contribution in [3.05, 3.63) is 0 Å². The molecule has 108 valence electrons. The highest BCUT2D eigenvalue weighted by Gasteiger charge is 2.31. The van der Waals surface area contributed by atoms with Crippen LogP contribution in [0, 0.1) is 0 Å². The number of carbonyl (C=O) groups excluding carboxylic acids is 2. The summed E-state index contributed by atoms with van der Waals surface area (Å²) in [4.78, 5) is 25.4. The zero-order valence-electron chi connectivity index (χ0n) is 11.4. The average Bonchev–Trinajstić information content (AvgIpc) is 2.92. The molecule has 2 amide bonds. The maximum atomic E-state index is 12.2. The molecule has 2 saturated heterocycles. The van der Waals surface area contributed by atoms with Gasteiger partial charge >= 0.3 is 6.09 Å². The number of alkyl carbamates (subject to hydrolysis) is 1. The molecule has 0 unspecified atom stereocenters. The summed E-state index contributed by atoms with van der Waals surface area (Å²) >= 11 is 0. The fourth-order valence-corrected chi connectivity index (χ4v) is 2.61. The molecular formula is C13H22N2O4. The van der Waals surface area contributed by atoms with Gasteiger partial charge in [0.15, 0.2) is 0 Å². The number of amides is 2. The van der Waals surface area contributed by atoms with Gasteiger partial charge in [-0.05, 0) is 32.6 Å². The van der Waals surface area contributed by atoms with Crippen molar-refractivity contribution in [2.75, 3.05) is 26.3 Å². The fourth-order valence-electron chi connectivity index (χ4n) is 2.61. The quantitative estimate of drug-likeness (QED) is 0.827. The van der Waals surface area contributed by atoms with Crippen LogP contribution < -0.4 is 5.32 Å². The Morgan fingerprint density at radius 2 is 2.21 bits per heavy atom. The summed E-state index contributed by atoms with van der Waals surface area (Å²) < 4.78 is 10.3. The van der Waals surface area contributed by atoms with Gasteiger partial charge in [-0.15, -0.1) is 0 Å². The molecule has 6 nitrogen and oxygen atoms in total.